The van der Waals surface area contributed by atoms with Gasteiger partial charge in [-0.1, -0.05) is 35.3 Å². The van der Waals surface area contributed by atoms with Crippen LogP contribution in [0.1, 0.15) is 22.4 Å². The number of rotatable bonds is 3. The number of aromatic nitrogens is 2. The van der Waals surface area contributed by atoms with Crippen molar-refractivity contribution >= 4 is 28.9 Å². The molecule has 0 unspecified atom stereocenters. The zero-order valence-corrected chi connectivity index (χ0v) is 18.1. The van der Waals surface area contributed by atoms with E-state index in [0.29, 0.717) is 6.07 Å². The number of benzene rings is 2. The molecule has 3 rings (SSSR count). The number of hydrogen-bond donors (Lipinski definition) is 0. The van der Waals surface area contributed by atoms with Crippen LogP contribution in [0.3, 0.4) is 0 Å². The molecule has 0 radical (unpaired) electrons. The Bertz CT molecular complexity index is 1310. The lowest BCUT2D eigenvalue weighted by molar-refractivity contribution is -0.143. The van der Waals surface area contributed by atoms with Crippen LogP contribution in [-0.4, -0.2) is 9.55 Å². The lowest BCUT2D eigenvalue weighted by Gasteiger charge is -2.16. The van der Waals surface area contributed by atoms with Gasteiger partial charge in [0, 0.05) is 6.07 Å². The van der Waals surface area contributed by atoms with E-state index in [1.54, 1.807) is 0 Å². The summed E-state index contributed by atoms with van der Waals surface area (Å²) in [5.41, 5.74) is -7.21. The second-order valence-electron chi connectivity index (χ2n) is 6.94. The summed E-state index contributed by atoms with van der Waals surface area (Å²) in [6.45, 7) is -0.411. The highest BCUT2D eigenvalue weighted by Gasteiger charge is 2.39. The number of alkyl halides is 9. The highest BCUT2D eigenvalue weighted by Crippen LogP contribution is 2.43. The SMILES string of the molecule is Fc1ccc(Cn2c(Cl)cc(C(F)(F)F)nc2=Nc2cc(C(F)(F)F)cc(C(F)(F)F)c2Cl)cc1. The van der Waals surface area contributed by atoms with Gasteiger partial charge in [-0.05, 0) is 29.8 Å². The molecule has 2 aromatic carbocycles. The molecule has 0 fully saturated rings. The van der Waals surface area contributed by atoms with Gasteiger partial charge in [-0.2, -0.15) is 39.5 Å². The fourth-order valence-corrected chi connectivity index (χ4v) is 3.30. The Morgan fingerprint density at radius 3 is 1.91 bits per heavy atom. The highest BCUT2D eigenvalue weighted by molar-refractivity contribution is 6.33. The summed E-state index contributed by atoms with van der Waals surface area (Å²) in [7, 11) is 0. The van der Waals surface area contributed by atoms with Crippen molar-refractivity contribution in [1.29, 1.82) is 0 Å². The molecule has 0 amide bonds. The van der Waals surface area contributed by atoms with Crippen LogP contribution in [0.25, 0.3) is 0 Å². The van der Waals surface area contributed by atoms with Gasteiger partial charge < -0.3 is 0 Å². The standard InChI is InChI=1S/C20H9Cl2F10N3/c21-15-7-14(20(30,31)32)34-17(35(15)8-9-1-3-11(23)4-2-9)33-13-6-10(18(24,25)26)5-12(16(13)22)19(27,28)29/h1-7H,8H2. The van der Waals surface area contributed by atoms with Gasteiger partial charge in [-0.25, -0.2) is 14.4 Å². The Kier molecular flexibility index (Phi) is 7.15. The van der Waals surface area contributed by atoms with Crippen molar-refractivity contribution in [2.24, 2.45) is 4.99 Å². The van der Waals surface area contributed by atoms with E-state index in [1.807, 2.05) is 0 Å². The van der Waals surface area contributed by atoms with Crippen molar-refractivity contribution in [2.45, 2.75) is 25.1 Å². The molecule has 0 atom stereocenters. The fourth-order valence-electron chi connectivity index (χ4n) is 2.80. The van der Waals surface area contributed by atoms with Crippen LogP contribution in [0.5, 0.6) is 0 Å². The second kappa shape index (κ2) is 9.34. The van der Waals surface area contributed by atoms with Crippen LogP contribution < -0.4 is 5.62 Å². The van der Waals surface area contributed by atoms with E-state index < -0.39 is 69.2 Å². The molecule has 35 heavy (non-hydrogen) atoms. The lowest BCUT2D eigenvalue weighted by atomic mass is 10.1. The first-order chi connectivity index (χ1) is 16.0. The van der Waals surface area contributed by atoms with Gasteiger partial charge >= 0.3 is 18.5 Å². The fraction of sp³-hybridized carbons (Fsp3) is 0.200. The predicted octanol–water partition coefficient (Wildman–Crippen LogP) is 7.67. The van der Waals surface area contributed by atoms with Crippen LogP contribution in [0.15, 0.2) is 47.5 Å². The molecule has 1 heterocycles. The van der Waals surface area contributed by atoms with Crippen LogP contribution in [0.2, 0.25) is 10.2 Å². The molecule has 0 aliphatic rings. The zero-order chi connectivity index (χ0) is 26.3. The third-order valence-electron chi connectivity index (χ3n) is 4.43. The topological polar surface area (TPSA) is 30.2 Å². The Hall–Kier alpha value is -2.80. The summed E-state index contributed by atoms with van der Waals surface area (Å²) in [6.07, 6.45) is -15.7. The van der Waals surface area contributed by atoms with Crippen molar-refractivity contribution in [3.8, 4) is 0 Å². The summed E-state index contributed by atoms with van der Waals surface area (Å²) in [4.78, 5) is 6.73. The predicted molar refractivity (Wildman–Crippen MR) is 104 cm³/mol. The van der Waals surface area contributed by atoms with Gasteiger partial charge in [0.05, 0.1) is 28.4 Å². The normalized spacial score (nSPS) is 13.4. The Labute approximate surface area is 199 Å². The molecule has 3 aromatic rings. The summed E-state index contributed by atoms with van der Waals surface area (Å²) < 4.78 is 133. The molecular weight excluding hydrogens is 543 g/mol. The quantitative estimate of drug-likeness (QED) is 0.243. The minimum Gasteiger partial charge on any atom is -0.296 e. The number of halogens is 12. The van der Waals surface area contributed by atoms with Gasteiger partial charge in [0.2, 0.25) is 5.62 Å². The van der Waals surface area contributed by atoms with Crippen molar-refractivity contribution < 1.29 is 43.9 Å². The van der Waals surface area contributed by atoms with Gasteiger partial charge in [0.25, 0.3) is 0 Å². The molecule has 15 heteroatoms. The molecule has 0 bridgehead atoms. The van der Waals surface area contributed by atoms with Crippen LogP contribution in [0, 0.1) is 5.82 Å². The van der Waals surface area contributed by atoms with Gasteiger partial charge in [0.15, 0.2) is 5.69 Å². The van der Waals surface area contributed by atoms with Crippen molar-refractivity contribution in [3.05, 3.63) is 86.5 Å². The largest absolute Gasteiger partial charge is 0.433 e. The monoisotopic (exact) mass is 551 g/mol. The van der Waals surface area contributed by atoms with Crippen molar-refractivity contribution in [3.63, 3.8) is 0 Å². The third-order valence-corrected chi connectivity index (χ3v) is 5.14. The summed E-state index contributed by atoms with van der Waals surface area (Å²) in [6, 6.07) is 4.74. The van der Waals surface area contributed by atoms with Gasteiger partial charge in [-0.3, -0.25) is 4.57 Å². The van der Waals surface area contributed by atoms with Crippen molar-refractivity contribution in [2.75, 3.05) is 0 Å². The first-order valence-corrected chi connectivity index (χ1v) is 9.84. The molecule has 3 nitrogen and oxygen atoms in total. The molecule has 0 aliphatic carbocycles. The van der Waals surface area contributed by atoms with E-state index in [0.717, 1.165) is 16.7 Å². The number of hydrogen-bond acceptors (Lipinski definition) is 2. The zero-order valence-electron chi connectivity index (χ0n) is 16.6. The molecule has 1 aromatic heterocycles. The first kappa shape index (κ1) is 26.8. The summed E-state index contributed by atoms with van der Waals surface area (Å²) in [5.74, 6) is -0.643. The maximum absolute atomic E-state index is 13.3. The highest BCUT2D eigenvalue weighted by atomic mass is 35.5. The maximum Gasteiger partial charge on any atom is 0.433 e. The third kappa shape index (κ3) is 6.26. The molecular formula is C20H9Cl2F10N3. The van der Waals surface area contributed by atoms with Gasteiger partial charge in [0.1, 0.15) is 11.0 Å². The maximum atomic E-state index is 13.3. The smallest absolute Gasteiger partial charge is 0.296 e. The van der Waals surface area contributed by atoms with E-state index in [-0.39, 0.29) is 17.7 Å². The van der Waals surface area contributed by atoms with E-state index in [4.69, 9.17) is 23.2 Å². The van der Waals surface area contributed by atoms with Gasteiger partial charge in [-0.15, -0.1) is 0 Å². The Morgan fingerprint density at radius 1 is 0.800 bits per heavy atom. The molecule has 0 N–H and O–H groups in total. The minimum absolute atomic E-state index is 0.135. The number of nitrogens with zero attached hydrogens (tertiary/aromatic N) is 3. The molecule has 188 valence electrons. The second-order valence-corrected chi connectivity index (χ2v) is 7.70. The van der Waals surface area contributed by atoms with E-state index in [1.165, 1.54) is 12.1 Å². The summed E-state index contributed by atoms with van der Waals surface area (Å²) >= 11 is 11.6. The molecule has 0 saturated heterocycles. The van der Waals surface area contributed by atoms with Crippen molar-refractivity contribution in [1.82, 2.24) is 9.55 Å². The molecule has 0 aliphatic heterocycles. The average molecular weight is 552 g/mol. The average Bonchev–Trinajstić information content (AvgIpc) is 2.70. The van der Waals surface area contributed by atoms with E-state index >= 15 is 0 Å². The molecule has 0 saturated carbocycles. The van der Waals surface area contributed by atoms with Crippen LogP contribution in [-0.2, 0) is 25.1 Å². The van der Waals surface area contributed by atoms with Crippen LogP contribution in [0.4, 0.5) is 49.6 Å². The lowest BCUT2D eigenvalue weighted by Crippen LogP contribution is -2.29. The minimum atomic E-state index is -5.34. The Balaban J connectivity index is 2.35. The van der Waals surface area contributed by atoms with E-state index in [9.17, 15) is 43.9 Å². The molecule has 0 spiro atoms. The van der Waals surface area contributed by atoms with Crippen LogP contribution >= 0.6 is 23.2 Å². The van der Waals surface area contributed by atoms with E-state index in [2.05, 4.69) is 9.98 Å². The first-order valence-electron chi connectivity index (χ1n) is 9.08. The Morgan fingerprint density at radius 2 is 1.40 bits per heavy atom. The summed E-state index contributed by atoms with van der Waals surface area (Å²) in [5, 5.41) is -1.95.